The van der Waals surface area contributed by atoms with E-state index in [2.05, 4.69) is 10.3 Å². The highest BCUT2D eigenvalue weighted by atomic mass is 16.3. The normalized spacial score (nSPS) is 10.6. The smallest absolute Gasteiger partial charge is 0.222 e. The minimum atomic E-state index is -0.131. The molecule has 0 aliphatic carbocycles. The Morgan fingerprint density at radius 1 is 1.47 bits per heavy atom. The largest absolute Gasteiger partial charge is 0.443 e. The Kier molecular flexibility index (Phi) is 3.72. The van der Waals surface area contributed by atoms with Gasteiger partial charge in [0.1, 0.15) is 5.52 Å². The molecule has 5 nitrogen and oxygen atoms in total. The summed E-state index contributed by atoms with van der Waals surface area (Å²) in [7, 11) is 0. The maximum atomic E-state index is 11.1. The Morgan fingerprint density at radius 2 is 2.35 bits per heavy atom. The number of amides is 1. The molecule has 5 heteroatoms. The predicted molar refractivity (Wildman–Crippen MR) is 62.4 cm³/mol. The molecule has 0 bridgehead atoms. The first-order valence-electron chi connectivity index (χ1n) is 5.49. The molecule has 0 spiro atoms. The number of aliphatic hydroxyl groups is 1. The maximum Gasteiger partial charge on any atom is 0.222 e. The first kappa shape index (κ1) is 11.6. The van der Waals surface area contributed by atoms with Crippen LogP contribution in [0.15, 0.2) is 29.0 Å². The highest BCUT2D eigenvalue weighted by molar-refractivity contribution is 5.76. The summed E-state index contributed by atoms with van der Waals surface area (Å²) in [4.78, 5) is 15.1. The van der Waals surface area contributed by atoms with Gasteiger partial charge < -0.3 is 14.8 Å². The van der Waals surface area contributed by atoms with Gasteiger partial charge in [0, 0.05) is 13.0 Å². The fourth-order valence-corrected chi connectivity index (χ4v) is 1.59. The molecule has 0 aliphatic heterocycles. The molecule has 1 aromatic carbocycles. The van der Waals surface area contributed by atoms with Gasteiger partial charge in [0.05, 0.1) is 6.61 Å². The Labute approximate surface area is 98.5 Å². The van der Waals surface area contributed by atoms with Crippen molar-refractivity contribution in [2.75, 3.05) is 13.2 Å². The third-order valence-electron chi connectivity index (χ3n) is 2.47. The number of nitrogens with one attached hydrogen (secondary N) is 1. The fraction of sp³-hybridized carbons (Fsp3) is 0.333. The van der Waals surface area contributed by atoms with Crippen molar-refractivity contribution in [2.45, 2.75) is 12.8 Å². The zero-order valence-corrected chi connectivity index (χ0v) is 9.35. The molecule has 2 rings (SSSR count). The van der Waals surface area contributed by atoms with Gasteiger partial charge in [0.25, 0.3) is 0 Å². The van der Waals surface area contributed by atoms with E-state index < -0.39 is 0 Å². The number of rotatable bonds is 5. The first-order chi connectivity index (χ1) is 8.29. The summed E-state index contributed by atoms with van der Waals surface area (Å²) in [5.74, 6) is -0.131. The minimum absolute atomic E-state index is 0.115. The number of hydrogen-bond donors (Lipinski definition) is 2. The molecular weight excluding hydrogens is 220 g/mol. The number of fused-ring (bicyclic) bond motifs is 1. The zero-order valence-electron chi connectivity index (χ0n) is 9.35. The third kappa shape index (κ3) is 3.04. The molecule has 1 amide bonds. The van der Waals surface area contributed by atoms with Crippen LogP contribution in [0.2, 0.25) is 0 Å². The lowest BCUT2D eigenvalue weighted by molar-refractivity contribution is -0.121. The molecule has 0 saturated carbocycles. The van der Waals surface area contributed by atoms with Gasteiger partial charge >= 0.3 is 0 Å². The fourth-order valence-electron chi connectivity index (χ4n) is 1.59. The van der Waals surface area contributed by atoms with Crippen LogP contribution in [0, 0.1) is 0 Å². The monoisotopic (exact) mass is 234 g/mol. The standard InChI is InChI=1S/C12H14N2O3/c15-6-4-12(16)13-5-3-9-1-2-10-11(7-9)17-8-14-10/h1-2,7-8,15H,3-6H2,(H,13,16). The number of aliphatic hydroxyl groups excluding tert-OH is 1. The minimum Gasteiger partial charge on any atom is -0.443 e. The molecule has 2 N–H and O–H groups in total. The second-order valence-corrected chi connectivity index (χ2v) is 3.73. The molecular formula is C12H14N2O3. The van der Waals surface area contributed by atoms with Crippen LogP contribution in [0.25, 0.3) is 11.1 Å². The molecule has 90 valence electrons. The van der Waals surface area contributed by atoms with E-state index in [-0.39, 0.29) is 18.9 Å². The zero-order chi connectivity index (χ0) is 12.1. The summed E-state index contributed by atoms with van der Waals surface area (Å²) >= 11 is 0. The highest BCUT2D eigenvalue weighted by Crippen LogP contribution is 2.14. The maximum absolute atomic E-state index is 11.1. The number of aromatic nitrogens is 1. The Balaban J connectivity index is 1.88. The van der Waals surface area contributed by atoms with E-state index in [1.807, 2.05) is 18.2 Å². The van der Waals surface area contributed by atoms with Crippen LogP contribution in [0.5, 0.6) is 0 Å². The van der Waals surface area contributed by atoms with E-state index in [1.165, 1.54) is 6.39 Å². The average molecular weight is 234 g/mol. The number of nitrogens with zero attached hydrogens (tertiary/aromatic N) is 1. The van der Waals surface area contributed by atoms with E-state index >= 15 is 0 Å². The van der Waals surface area contributed by atoms with Crippen LogP contribution in [0.1, 0.15) is 12.0 Å². The first-order valence-corrected chi connectivity index (χ1v) is 5.49. The summed E-state index contributed by atoms with van der Waals surface area (Å²) in [6.07, 6.45) is 2.30. The number of benzene rings is 1. The summed E-state index contributed by atoms with van der Waals surface area (Å²) in [6.45, 7) is 0.439. The van der Waals surface area contributed by atoms with E-state index in [9.17, 15) is 4.79 Å². The summed E-state index contributed by atoms with van der Waals surface area (Å²) in [5, 5.41) is 11.3. The highest BCUT2D eigenvalue weighted by Gasteiger charge is 2.02. The summed E-state index contributed by atoms with van der Waals surface area (Å²) in [5.41, 5.74) is 2.67. The van der Waals surface area contributed by atoms with Gasteiger partial charge in [0.15, 0.2) is 12.0 Å². The molecule has 0 saturated heterocycles. The van der Waals surface area contributed by atoms with Crippen LogP contribution in [-0.2, 0) is 11.2 Å². The SMILES string of the molecule is O=C(CCO)NCCc1ccc2ncoc2c1. The van der Waals surface area contributed by atoms with E-state index in [0.29, 0.717) is 6.54 Å². The van der Waals surface area contributed by atoms with Crippen LogP contribution in [0.4, 0.5) is 0 Å². The molecule has 17 heavy (non-hydrogen) atoms. The Bertz CT molecular complexity index is 507. The molecule has 0 unspecified atom stereocenters. The van der Waals surface area contributed by atoms with E-state index in [4.69, 9.17) is 9.52 Å². The molecule has 0 radical (unpaired) electrons. The van der Waals surface area contributed by atoms with Crippen LogP contribution >= 0.6 is 0 Å². The topological polar surface area (TPSA) is 75.4 Å². The van der Waals surface area contributed by atoms with Crippen molar-refractivity contribution >= 4 is 17.0 Å². The van der Waals surface area contributed by atoms with Crippen molar-refractivity contribution in [3.05, 3.63) is 30.2 Å². The van der Waals surface area contributed by atoms with Crippen LogP contribution in [-0.4, -0.2) is 29.1 Å². The Morgan fingerprint density at radius 3 is 3.18 bits per heavy atom. The van der Waals surface area contributed by atoms with Crippen molar-refractivity contribution in [1.82, 2.24) is 10.3 Å². The van der Waals surface area contributed by atoms with Gasteiger partial charge in [-0.25, -0.2) is 4.98 Å². The van der Waals surface area contributed by atoms with Gasteiger partial charge in [-0.05, 0) is 24.1 Å². The molecule has 0 aliphatic rings. The molecule has 0 fully saturated rings. The lowest BCUT2D eigenvalue weighted by Crippen LogP contribution is -2.26. The summed E-state index contributed by atoms with van der Waals surface area (Å²) in [6, 6.07) is 5.77. The summed E-state index contributed by atoms with van der Waals surface area (Å²) < 4.78 is 5.19. The van der Waals surface area contributed by atoms with Gasteiger partial charge in [-0.15, -0.1) is 0 Å². The van der Waals surface area contributed by atoms with Crippen molar-refractivity contribution in [1.29, 1.82) is 0 Å². The lowest BCUT2D eigenvalue weighted by Gasteiger charge is -2.03. The number of oxazole rings is 1. The van der Waals surface area contributed by atoms with E-state index in [1.54, 1.807) is 0 Å². The van der Waals surface area contributed by atoms with Gasteiger partial charge in [-0.1, -0.05) is 6.07 Å². The third-order valence-corrected chi connectivity index (χ3v) is 2.47. The lowest BCUT2D eigenvalue weighted by atomic mass is 10.1. The number of hydrogen-bond acceptors (Lipinski definition) is 4. The number of carbonyl (C=O) groups excluding carboxylic acids is 1. The average Bonchev–Trinajstić information content (AvgIpc) is 2.76. The van der Waals surface area contributed by atoms with Gasteiger partial charge in [-0.3, -0.25) is 4.79 Å². The molecule has 1 heterocycles. The van der Waals surface area contributed by atoms with Crippen molar-refractivity contribution in [3.63, 3.8) is 0 Å². The number of carbonyl (C=O) groups is 1. The quantitative estimate of drug-likeness (QED) is 0.804. The van der Waals surface area contributed by atoms with Crippen molar-refractivity contribution < 1.29 is 14.3 Å². The Hall–Kier alpha value is -1.88. The van der Waals surface area contributed by atoms with Crippen molar-refractivity contribution in [3.8, 4) is 0 Å². The van der Waals surface area contributed by atoms with Gasteiger partial charge in [-0.2, -0.15) is 0 Å². The van der Waals surface area contributed by atoms with Gasteiger partial charge in [0.2, 0.25) is 5.91 Å². The predicted octanol–water partition coefficient (Wildman–Crippen LogP) is 0.869. The van der Waals surface area contributed by atoms with Crippen LogP contribution in [0.3, 0.4) is 0 Å². The van der Waals surface area contributed by atoms with E-state index in [0.717, 1.165) is 23.1 Å². The second kappa shape index (κ2) is 5.45. The van der Waals surface area contributed by atoms with Crippen LogP contribution < -0.4 is 5.32 Å². The second-order valence-electron chi connectivity index (χ2n) is 3.73. The van der Waals surface area contributed by atoms with Crippen molar-refractivity contribution in [2.24, 2.45) is 0 Å². The molecule has 2 aromatic rings. The molecule has 1 aromatic heterocycles. The molecule has 0 atom stereocenters.